The van der Waals surface area contributed by atoms with E-state index >= 15 is 0 Å². The van der Waals surface area contributed by atoms with Crippen molar-refractivity contribution in [3.63, 3.8) is 0 Å². The number of hydrogen-bond donors (Lipinski definition) is 4. The molecule has 0 saturated carbocycles. The molecule has 0 spiro atoms. The fraction of sp³-hybridized carbons (Fsp3) is 0.353. The highest BCUT2D eigenvalue weighted by atomic mass is 127. The standard InChI is InChI=1S/C17H24N4O3S2.HI/c1-18-17(20-12-15(13-22)14-6-3-2-4-7-14)19-9-10-21-26(23,24)16-8-5-11-25-16;/h2-8,11,15,21-22H,9-10,12-13H2,1H3,(H2,18,19,20);1H. The van der Waals surface area contributed by atoms with Gasteiger partial charge in [-0.2, -0.15) is 0 Å². The number of nitrogens with one attached hydrogen (secondary N) is 3. The molecule has 1 heterocycles. The lowest BCUT2D eigenvalue weighted by Crippen LogP contribution is -2.43. The number of rotatable bonds is 9. The largest absolute Gasteiger partial charge is 0.396 e. The van der Waals surface area contributed by atoms with E-state index in [9.17, 15) is 13.5 Å². The average Bonchev–Trinajstić information content (AvgIpc) is 3.20. The van der Waals surface area contributed by atoms with Crippen molar-refractivity contribution < 1.29 is 13.5 Å². The average molecular weight is 524 g/mol. The summed E-state index contributed by atoms with van der Waals surface area (Å²) in [5.41, 5.74) is 1.04. The van der Waals surface area contributed by atoms with Gasteiger partial charge in [-0.15, -0.1) is 35.3 Å². The van der Waals surface area contributed by atoms with E-state index in [0.29, 0.717) is 23.3 Å². The predicted molar refractivity (Wildman–Crippen MR) is 121 cm³/mol. The summed E-state index contributed by atoms with van der Waals surface area (Å²) >= 11 is 1.18. The molecular formula is C17H25IN4O3S2. The van der Waals surface area contributed by atoms with Crippen LogP contribution in [0, 0.1) is 0 Å². The Morgan fingerprint density at radius 1 is 1.15 bits per heavy atom. The van der Waals surface area contributed by atoms with Gasteiger partial charge in [0.15, 0.2) is 5.96 Å². The highest BCUT2D eigenvalue weighted by molar-refractivity contribution is 14.0. The Morgan fingerprint density at radius 2 is 1.89 bits per heavy atom. The number of guanidine groups is 1. The van der Waals surface area contributed by atoms with Crippen molar-refractivity contribution in [1.29, 1.82) is 0 Å². The number of benzene rings is 1. The van der Waals surface area contributed by atoms with Gasteiger partial charge in [0.05, 0.1) is 6.61 Å². The van der Waals surface area contributed by atoms with E-state index in [4.69, 9.17) is 0 Å². The van der Waals surface area contributed by atoms with Gasteiger partial charge in [-0.05, 0) is 17.0 Å². The van der Waals surface area contributed by atoms with E-state index in [1.165, 1.54) is 11.3 Å². The van der Waals surface area contributed by atoms with Crippen LogP contribution in [0.4, 0.5) is 0 Å². The van der Waals surface area contributed by atoms with Crippen LogP contribution in [0.15, 0.2) is 57.0 Å². The first-order valence-electron chi connectivity index (χ1n) is 8.20. The minimum absolute atomic E-state index is 0. The minimum atomic E-state index is -3.45. The first-order chi connectivity index (χ1) is 12.6. The van der Waals surface area contributed by atoms with Gasteiger partial charge in [0.1, 0.15) is 4.21 Å². The molecule has 1 aromatic carbocycles. The van der Waals surface area contributed by atoms with Crippen molar-refractivity contribution in [2.75, 3.05) is 33.3 Å². The minimum Gasteiger partial charge on any atom is -0.396 e. The second-order valence-corrected chi connectivity index (χ2v) is 8.44. The number of sulfonamides is 1. The van der Waals surface area contributed by atoms with Gasteiger partial charge < -0.3 is 15.7 Å². The number of hydrogen-bond acceptors (Lipinski definition) is 5. The van der Waals surface area contributed by atoms with Crippen LogP contribution in [0.25, 0.3) is 0 Å². The topological polar surface area (TPSA) is 103 Å². The van der Waals surface area contributed by atoms with Crippen LogP contribution in [-0.4, -0.2) is 52.8 Å². The number of thiophene rings is 1. The Kier molecular flexibility index (Phi) is 10.8. The number of halogens is 1. The van der Waals surface area contributed by atoms with Crippen LogP contribution >= 0.6 is 35.3 Å². The summed E-state index contributed by atoms with van der Waals surface area (Å²) < 4.78 is 26.9. The van der Waals surface area contributed by atoms with Gasteiger partial charge in [0, 0.05) is 32.6 Å². The van der Waals surface area contributed by atoms with E-state index in [0.717, 1.165) is 5.56 Å². The molecule has 0 radical (unpaired) electrons. The lowest BCUT2D eigenvalue weighted by Gasteiger charge is -2.18. The van der Waals surface area contributed by atoms with Gasteiger partial charge in [-0.3, -0.25) is 4.99 Å². The molecule has 10 heteroatoms. The van der Waals surface area contributed by atoms with Gasteiger partial charge in [0.2, 0.25) is 10.0 Å². The fourth-order valence-electron chi connectivity index (χ4n) is 2.31. The van der Waals surface area contributed by atoms with Crippen LogP contribution in [0.5, 0.6) is 0 Å². The Balaban J connectivity index is 0.00000364. The number of aliphatic imine (C=N–C) groups is 1. The molecule has 1 atom stereocenters. The van der Waals surface area contributed by atoms with Crippen molar-refractivity contribution in [1.82, 2.24) is 15.4 Å². The van der Waals surface area contributed by atoms with Gasteiger partial charge in [0.25, 0.3) is 0 Å². The summed E-state index contributed by atoms with van der Waals surface area (Å²) in [7, 11) is -1.81. The third-order valence-electron chi connectivity index (χ3n) is 3.70. The Bertz CT molecular complexity index is 784. The zero-order valence-electron chi connectivity index (χ0n) is 15.0. The summed E-state index contributed by atoms with van der Waals surface area (Å²) in [4.78, 5) is 4.11. The maximum Gasteiger partial charge on any atom is 0.250 e. The quantitative estimate of drug-likeness (QED) is 0.173. The molecule has 0 bridgehead atoms. The van der Waals surface area contributed by atoms with Crippen molar-refractivity contribution in [2.24, 2.45) is 4.99 Å². The Hall–Kier alpha value is -1.21. The number of aliphatic hydroxyl groups excluding tert-OH is 1. The third-order valence-corrected chi connectivity index (χ3v) is 6.56. The molecule has 0 aliphatic rings. The molecular weight excluding hydrogens is 499 g/mol. The summed E-state index contributed by atoms with van der Waals surface area (Å²) in [6.07, 6.45) is 0. The van der Waals surface area contributed by atoms with E-state index in [1.807, 2.05) is 30.3 Å². The second-order valence-electron chi connectivity index (χ2n) is 5.50. The molecule has 2 aromatic rings. The van der Waals surface area contributed by atoms with Crippen LogP contribution in [0.2, 0.25) is 0 Å². The van der Waals surface area contributed by atoms with Crippen molar-refractivity contribution in [2.45, 2.75) is 10.1 Å². The van der Waals surface area contributed by atoms with Crippen LogP contribution < -0.4 is 15.4 Å². The van der Waals surface area contributed by atoms with Gasteiger partial charge >= 0.3 is 0 Å². The summed E-state index contributed by atoms with van der Waals surface area (Å²) in [5.74, 6) is 0.502. The van der Waals surface area contributed by atoms with Crippen molar-refractivity contribution in [3.05, 3.63) is 53.4 Å². The molecule has 27 heavy (non-hydrogen) atoms. The molecule has 0 aliphatic heterocycles. The molecule has 0 amide bonds. The summed E-state index contributed by atoms with van der Waals surface area (Å²) in [6, 6.07) is 13.0. The zero-order valence-corrected chi connectivity index (χ0v) is 18.9. The highest BCUT2D eigenvalue weighted by Gasteiger charge is 2.14. The molecule has 0 aliphatic carbocycles. The normalized spacial score (nSPS) is 12.9. The van der Waals surface area contributed by atoms with Crippen LogP contribution in [-0.2, 0) is 10.0 Å². The SMILES string of the molecule is CN=C(NCCNS(=O)(=O)c1cccs1)NCC(CO)c1ccccc1.I. The molecule has 7 nitrogen and oxygen atoms in total. The first-order valence-corrected chi connectivity index (χ1v) is 10.6. The van der Waals surface area contributed by atoms with Crippen LogP contribution in [0.3, 0.4) is 0 Å². The first kappa shape index (κ1) is 23.8. The lowest BCUT2D eigenvalue weighted by atomic mass is 10.0. The second kappa shape index (κ2) is 12.3. The van der Waals surface area contributed by atoms with Gasteiger partial charge in [-0.25, -0.2) is 13.1 Å². The Labute approximate surface area is 181 Å². The summed E-state index contributed by atoms with van der Waals surface area (Å²) in [6.45, 7) is 1.16. The summed E-state index contributed by atoms with van der Waals surface area (Å²) in [5, 5.41) is 17.5. The van der Waals surface area contributed by atoms with E-state index in [1.54, 1.807) is 24.6 Å². The molecule has 1 unspecified atom stereocenters. The number of aliphatic hydroxyl groups is 1. The molecule has 0 saturated heterocycles. The highest BCUT2D eigenvalue weighted by Crippen LogP contribution is 2.15. The zero-order chi connectivity index (χ0) is 18.8. The number of nitrogens with zero attached hydrogens (tertiary/aromatic N) is 1. The van der Waals surface area contributed by atoms with Gasteiger partial charge in [-0.1, -0.05) is 36.4 Å². The third kappa shape index (κ3) is 7.74. The van der Waals surface area contributed by atoms with E-state index in [2.05, 4.69) is 20.3 Å². The van der Waals surface area contributed by atoms with E-state index in [-0.39, 0.29) is 43.0 Å². The molecule has 4 N–H and O–H groups in total. The lowest BCUT2D eigenvalue weighted by molar-refractivity contribution is 0.265. The smallest absolute Gasteiger partial charge is 0.250 e. The predicted octanol–water partition coefficient (Wildman–Crippen LogP) is 1.59. The molecule has 150 valence electrons. The molecule has 1 aromatic heterocycles. The molecule has 0 fully saturated rings. The Morgan fingerprint density at radius 3 is 2.48 bits per heavy atom. The fourth-order valence-corrected chi connectivity index (χ4v) is 4.38. The molecule has 2 rings (SSSR count). The van der Waals surface area contributed by atoms with Crippen molar-refractivity contribution in [3.8, 4) is 0 Å². The van der Waals surface area contributed by atoms with Crippen LogP contribution in [0.1, 0.15) is 11.5 Å². The maximum absolute atomic E-state index is 12.0. The maximum atomic E-state index is 12.0. The van der Waals surface area contributed by atoms with Crippen molar-refractivity contribution >= 4 is 51.3 Å². The van der Waals surface area contributed by atoms with E-state index < -0.39 is 10.0 Å². The monoisotopic (exact) mass is 524 g/mol.